The second-order valence-electron chi connectivity index (χ2n) is 16.9. The lowest BCUT2D eigenvalue weighted by Gasteiger charge is -2.34. The minimum atomic E-state index is -4.70. The molecule has 0 spiro atoms. The molecular weight excluding hydrogens is 1090 g/mol. The van der Waals surface area contributed by atoms with E-state index in [2.05, 4.69) is 60.7 Å². The Morgan fingerprint density at radius 1 is 0.605 bits per heavy atom. The smallest absolute Gasteiger partial charge is 0.354 e. The van der Waals surface area contributed by atoms with Crippen LogP contribution >= 0.6 is 45.9 Å². The summed E-state index contributed by atoms with van der Waals surface area (Å²) in [6.45, 7) is 10.7. The summed E-state index contributed by atoms with van der Waals surface area (Å²) in [5.41, 5.74) is -1.67. The number of piperazine rings is 2. The van der Waals surface area contributed by atoms with Gasteiger partial charge < -0.3 is 30.7 Å². The van der Waals surface area contributed by atoms with Crippen LogP contribution in [0.1, 0.15) is 114 Å². The molecule has 2 fully saturated rings. The van der Waals surface area contributed by atoms with Gasteiger partial charge in [0.2, 0.25) is 5.91 Å². The molecule has 0 radical (unpaired) electrons. The normalized spacial score (nSPS) is 14.6. The lowest BCUT2D eigenvalue weighted by Crippen LogP contribution is -2.48. The highest BCUT2D eigenvalue weighted by atomic mass is 35.5. The Balaban J connectivity index is 0.000000244. The number of anilines is 4. The van der Waals surface area contributed by atoms with Crippen molar-refractivity contribution in [3.63, 3.8) is 0 Å². The number of Topliss-reactive ketones (excluding diaryl/α,β-unsaturated/α-hetero) is 2. The first-order chi connectivity index (χ1) is 35.5. The Morgan fingerprint density at radius 2 is 1.01 bits per heavy atom. The number of thiazole rings is 2. The minimum absolute atomic E-state index is 0. The topological polar surface area (TPSA) is 234 Å². The van der Waals surface area contributed by atoms with E-state index in [1.165, 1.54) is 32.0 Å². The van der Waals surface area contributed by atoms with Crippen molar-refractivity contribution in [3.05, 3.63) is 114 Å². The first-order valence-electron chi connectivity index (χ1n) is 22.7. The van der Waals surface area contributed by atoms with Crippen LogP contribution in [0, 0.1) is 0 Å². The van der Waals surface area contributed by atoms with E-state index in [0.717, 1.165) is 61.2 Å². The largest absolute Gasteiger partial charge is 0.418 e. The van der Waals surface area contributed by atoms with Crippen molar-refractivity contribution in [1.82, 2.24) is 50.1 Å². The maximum absolute atomic E-state index is 13.1. The van der Waals surface area contributed by atoms with Crippen LogP contribution in [0.15, 0.2) is 61.7 Å². The van der Waals surface area contributed by atoms with Gasteiger partial charge in [-0.1, -0.05) is 44.5 Å². The molecule has 2 aliphatic rings. The van der Waals surface area contributed by atoms with Crippen LogP contribution in [0.4, 0.5) is 49.6 Å². The van der Waals surface area contributed by atoms with E-state index in [1.807, 2.05) is 4.90 Å². The molecule has 29 heteroatoms. The van der Waals surface area contributed by atoms with Gasteiger partial charge in [0.25, 0.3) is 11.8 Å². The van der Waals surface area contributed by atoms with Gasteiger partial charge in [0.05, 0.1) is 43.6 Å². The van der Waals surface area contributed by atoms with Crippen molar-refractivity contribution in [2.45, 2.75) is 65.2 Å². The maximum Gasteiger partial charge on any atom is 0.418 e. The standard InChI is InChI=1S/C24H23ClF3N7O3S.C22H21ClF3N7O2S.CH4/c1-13(7-18(37)17-9-21(32-12-31-17)35-5-3-34(4-6-35)14(2)36)23-30-11-19(39-23)22(38)33-20-8-15(24(26,27)28)16(25)10-29-20;1-12(6-16(34)15-8-19(31-11-30-15)33-4-2-27-3-5-33)21-29-10-17(36-21)20(35)32-18-7-13(22(24,25)26)14(23)9-28-18;/h8-13H,3-7H2,1-2H3,(H,29,33,38);7-12,27H,2-6H2,1H3,(H,28,32,35);1H4. The molecule has 2 saturated heterocycles. The summed E-state index contributed by atoms with van der Waals surface area (Å²) in [7, 11) is 0. The molecule has 6 aromatic rings. The molecule has 3 N–H and O–H groups in total. The molecule has 0 saturated carbocycles. The Kier molecular flexibility index (Phi) is 19.5. The highest BCUT2D eigenvalue weighted by molar-refractivity contribution is 7.14. The van der Waals surface area contributed by atoms with Crippen molar-refractivity contribution in [1.29, 1.82) is 0 Å². The van der Waals surface area contributed by atoms with Crippen molar-refractivity contribution >= 4 is 98.4 Å². The molecule has 76 heavy (non-hydrogen) atoms. The number of pyridine rings is 2. The van der Waals surface area contributed by atoms with Gasteiger partial charge in [-0.15, -0.1) is 22.7 Å². The Morgan fingerprint density at radius 3 is 1.41 bits per heavy atom. The molecule has 2 atom stereocenters. The van der Waals surface area contributed by atoms with E-state index >= 15 is 0 Å². The first kappa shape index (κ1) is 58.5. The molecule has 8 heterocycles. The number of carbonyl (C=O) groups is 5. The quantitative estimate of drug-likeness (QED) is 0.0682. The van der Waals surface area contributed by atoms with Crippen molar-refractivity contribution in [2.75, 3.05) is 72.8 Å². The van der Waals surface area contributed by atoms with E-state index in [0.29, 0.717) is 65.7 Å². The maximum atomic E-state index is 13.1. The third-order valence-corrected chi connectivity index (χ3v) is 14.6. The van der Waals surface area contributed by atoms with E-state index in [9.17, 15) is 50.3 Å². The summed E-state index contributed by atoms with van der Waals surface area (Å²) < 4.78 is 78.4. The van der Waals surface area contributed by atoms with Gasteiger partial charge in [0, 0.05) is 108 Å². The average Bonchev–Trinajstić information content (AvgIpc) is 4.10. The SMILES string of the molecule is C.CC(=O)N1CCN(c2cc(C(=O)CC(C)c3ncc(C(=O)Nc4cc(C(F)(F)F)c(Cl)cn4)s3)ncn2)CC1.CC(CC(=O)c1cc(N2CCNCC2)ncn1)c1ncc(C(=O)Nc2cc(C(F)(F)F)c(Cl)cn2)s1. The lowest BCUT2D eigenvalue weighted by molar-refractivity contribution is -0.138. The zero-order valence-corrected chi connectivity index (χ0v) is 42.9. The number of ketones is 2. The molecule has 8 rings (SSSR count). The summed E-state index contributed by atoms with van der Waals surface area (Å²) in [4.78, 5) is 101. The van der Waals surface area contributed by atoms with Gasteiger partial charge in [0.1, 0.15) is 57.1 Å². The van der Waals surface area contributed by atoms with Gasteiger partial charge in [0.15, 0.2) is 11.6 Å². The molecule has 0 aromatic carbocycles. The van der Waals surface area contributed by atoms with Crippen LogP contribution in [0.2, 0.25) is 10.0 Å². The summed E-state index contributed by atoms with van der Waals surface area (Å²) in [6, 6.07) is 4.62. The van der Waals surface area contributed by atoms with Crippen LogP contribution in [0.5, 0.6) is 0 Å². The van der Waals surface area contributed by atoms with Crippen LogP contribution in [-0.2, 0) is 17.1 Å². The van der Waals surface area contributed by atoms with Crippen molar-refractivity contribution < 1.29 is 50.3 Å². The Bertz CT molecular complexity index is 3060. The van der Waals surface area contributed by atoms with E-state index in [4.69, 9.17) is 23.2 Å². The van der Waals surface area contributed by atoms with Gasteiger partial charge in [-0.3, -0.25) is 24.0 Å². The van der Waals surface area contributed by atoms with E-state index < -0.39 is 45.3 Å². The number of nitrogens with one attached hydrogen (secondary N) is 3. The predicted molar refractivity (Wildman–Crippen MR) is 274 cm³/mol. The molecule has 0 aliphatic carbocycles. The summed E-state index contributed by atoms with van der Waals surface area (Å²) >= 11 is 13.2. The van der Waals surface area contributed by atoms with Crippen LogP contribution in [0.3, 0.4) is 0 Å². The molecule has 2 aliphatic heterocycles. The highest BCUT2D eigenvalue weighted by Gasteiger charge is 2.35. The van der Waals surface area contributed by atoms with E-state index in [1.54, 1.807) is 30.9 Å². The van der Waals surface area contributed by atoms with E-state index in [-0.39, 0.29) is 76.7 Å². The number of hydrogen-bond donors (Lipinski definition) is 3. The minimum Gasteiger partial charge on any atom is -0.354 e. The number of aromatic nitrogens is 8. The van der Waals surface area contributed by atoms with Gasteiger partial charge in [-0.2, -0.15) is 26.3 Å². The zero-order chi connectivity index (χ0) is 54.2. The fourth-order valence-corrected chi connectivity index (χ4v) is 9.62. The number of alkyl halides is 6. The fraction of sp³-hybridized carbons (Fsp3) is 0.383. The molecule has 2 unspecified atom stereocenters. The zero-order valence-electron chi connectivity index (χ0n) is 39.8. The summed E-state index contributed by atoms with van der Waals surface area (Å²) in [5.74, 6) is -1.74. The molecule has 0 bridgehead atoms. The number of nitrogens with zero attached hydrogens (tertiary/aromatic N) is 11. The molecule has 19 nitrogen and oxygen atoms in total. The second kappa shape index (κ2) is 25.4. The van der Waals surface area contributed by atoms with Crippen molar-refractivity contribution in [3.8, 4) is 0 Å². The summed E-state index contributed by atoms with van der Waals surface area (Å²) in [6.07, 6.45) is -2.27. The van der Waals surface area contributed by atoms with Gasteiger partial charge >= 0.3 is 12.4 Å². The summed E-state index contributed by atoms with van der Waals surface area (Å²) in [5, 5.41) is 7.79. The monoisotopic (exact) mass is 1140 g/mol. The molecule has 404 valence electrons. The predicted octanol–water partition coefficient (Wildman–Crippen LogP) is 8.97. The van der Waals surface area contributed by atoms with Crippen molar-refractivity contribution in [2.24, 2.45) is 0 Å². The van der Waals surface area contributed by atoms with Crippen LogP contribution < -0.4 is 25.8 Å². The number of amides is 3. The number of halogens is 8. The number of hydrogen-bond acceptors (Lipinski definition) is 18. The van der Waals surface area contributed by atoms with Crippen LogP contribution in [0.25, 0.3) is 0 Å². The molecule has 6 aromatic heterocycles. The third-order valence-electron chi connectivity index (χ3n) is 11.5. The average molecular weight is 1140 g/mol. The Hall–Kier alpha value is -6.81. The second-order valence-corrected chi connectivity index (χ2v) is 19.9. The fourth-order valence-electron chi connectivity index (χ4n) is 7.47. The number of carbonyl (C=O) groups excluding carboxylic acids is 5. The Labute approximate surface area is 448 Å². The molecule has 3 amide bonds. The first-order valence-corrected chi connectivity index (χ1v) is 25.1. The third kappa shape index (κ3) is 15.2. The highest BCUT2D eigenvalue weighted by Crippen LogP contribution is 2.37. The van der Waals surface area contributed by atoms with Gasteiger partial charge in [-0.05, 0) is 12.1 Å². The van der Waals surface area contributed by atoms with Crippen LogP contribution in [-0.4, -0.2) is 126 Å². The lowest BCUT2D eigenvalue weighted by atomic mass is 10.0. The molecular formula is C47H48Cl2F6N14O5S2. The number of rotatable bonds is 14. The van der Waals surface area contributed by atoms with Gasteiger partial charge in [-0.25, -0.2) is 39.9 Å².